The lowest BCUT2D eigenvalue weighted by molar-refractivity contribution is 0.0362. The predicted octanol–water partition coefficient (Wildman–Crippen LogP) is 6.04. The molecule has 3 rings (SSSR count). The Morgan fingerprint density at radius 2 is 1.19 bits per heavy atom. The molecule has 0 saturated carbocycles. The fourth-order valence-electron chi connectivity index (χ4n) is 4.36. The summed E-state index contributed by atoms with van der Waals surface area (Å²) in [6.45, 7) is 11.1. The molecule has 36 heavy (non-hydrogen) atoms. The summed E-state index contributed by atoms with van der Waals surface area (Å²) in [5.41, 5.74) is -1.49. The molecule has 0 aliphatic carbocycles. The van der Waals surface area contributed by atoms with Crippen molar-refractivity contribution in [1.29, 1.82) is 0 Å². The minimum absolute atomic E-state index is 0.622. The smallest absolute Gasteiger partial charge is 0.408 e. The molecule has 3 aromatic rings. The Bertz CT molecular complexity index is 1120. The zero-order chi connectivity index (χ0) is 26.6. The molecule has 6 heteroatoms. The van der Waals surface area contributed by atoms with Crippen molar-refractivity contribution in [2.75, 3.05) is 0 Å². The first-order valence-corrected chi connectivity index (χ1v) is 14.0. The number of aliphatic hydroxyl groups is 1. The Kier molecular flexibility index (Phi) is 8.48. The molecule has 3 aromatic carbocycles. The van der Waals surface area contributed by atoms with Crippen LogP contribution >= 0.6 is 7.14 Å². The third-order valence-electron chi connectivity index (χ3n) is 6.08. The number of ether oxygens (including phenoxy) is 1. The van der Waals surface area contributed by atoms with E-state index in [0.29, 0.717) is 10.6 Å². The summed E-state index contributed by atoms with van der Waals surface area (Å²) in [5.74, 6) is 0. The molecule has 0 aliphatic heterocycles. The Labute approximate surface area is 215 Å². The normalized spacial score (nSPS) is 15.0. The fraction of sp³-hybridized carbons (Fsp3) is 0.367. The van der Waals surface area contributed by atoms with Crippen molar-refractivity contribution in [2.45, 2.75) is 64.9 Å². The van der Waals surface area contributed by atoms with E-state index in [9.17, 15) is 9.90 Å². The van der Waals surface area contributed by atoms with Gasteiger partial charge in [-0.2, -0.15) is 0 Å². The second-order valence-corrected chi connectivity index (χ2v) is 14.1. The van der Waals surface area contributed by atoms with E-state index in [1.807, 2.05) is 112 Å². The molecule has 0 aliphatic rings. The van der Waals surface area contributed by atoms with Gasteiger partial charge >= 0.3 is 6.09 Å². The molecule has 0 spiro atoms. The van der Waals surface area contributed by atoms with E-state index >= 15 is 4.57 Å². The number of hydrogen-bond donors (Lipinski definition) is 2. The van der Waals surface area contributed by atoms with E-state index < -0.39 is 42.1 Å². The summed E-state index contributed by atoms with van der Waals surface area (Å²) in [4.78, 5) is 13.1. The summed E-state index contributed by atoms with van der Waals surface area (Å²) in [6.07, 6.45) is -1.67. The van der Waals surface area contributed by atoms with Gasteiger partial charge in [0.15, 0.2) is 7.14 Å². The number of hydrogen-bond acceptors (Lipinski definition) is 4. The van der Waals surface area contributed by atoms with E-state index in [2.05, 4.69) is 5.32 Å². The van der Waals surface area contributed by atoms with Gasteiger partial charge in [0.2, 0.25) is 0 Å². The standard InChI is InChI=1S/C30H38NO4P/c1-29(2,3)27(32)26(25(22-16-10-7-11-17-22)31-28(33)35-30(4,5)6)36(34,23-18-12-8-13-19-23)24-20-14-9-15-21-24/h7-21,25-27,32H,1-6H3,(H,31,33). The first-order valence-electron chi connectivity index (χ1n) is 12.3. The highest BCUT2D eigenvalue weighted by Gasteiger charge is 2.50. The van der Waals surface area contributed by atoms with Crippen molar-refractivity contribution in [2.24, 2.45) is 5.41 Å². The summed E-state index contributed by atoms with van der Waals surface area (Å²) >= 11 is 0. The van der Waals surface area contributed by atoms with Crippen LogP contribution in [-0.2, 0) is 9.30 Å². The lowest BCUT2D eigenvalue weighted by atomic mass is 9.83. The number of nitrogens with one attached hydrogen (secondary N) is 1. The highest BCUT2D eigenvalue weighted by atomic mass is 31.2. The van der Waals surface area contributed by atoms with Crippen molar-refractivity contribution < 1.29 is 19.2 Å². The van der Waals surface area contributed by atoms with Crippen LogP contribution in [0.4, 0.5) is 4.79 Å². The summed E-state index contributed by atoms with van der Waals surface area (Å²) < 4.78 is 21.1. The minimum Gasteiger partial charge on any atom is -0.444 e. The monoisotopic (exact) mass is 507 g/mol. The van der Waals surface area contributed by atoms with E-state index in [4.69, 9.17) is 4.74 Å². The molecule has 1 amide bonds. The molecule has 0 bridgehead atoms. The number of carbonyl (C=O) groups is 1. The van der Waals surface area contributed by atoms with Gasteiger partial charge in [-0.15, -0.1) is 0 Å². The maximum Gasteiger partial charge on any atom is 0.408 e. The molecule has 2 N–H and O–H groups in total. The average molecular weight is 508 g/mol. The molecule has 0 saturated heterocycles. The number of benzene rings is 3. The maximum absolute atomic E-state index is 15.5. The van der Waals surface area contributed by atoms with Gasteiger partial charge in [0, 0.05) is 10.6 Å². The highest BCUT2D eigenvalue weighted by molar-refractivity contribution is 7.79. The topological polar surface area (TPSA) is 75.6 Å². The van der Waals surface area contributed by atoms with Crippen molar-refractivity contribution >= 4 is 23.8 Å². The average Bonchev–Trinajstić information content (AvgIpc) is 2.83. The van der Waals surface area contributed by atoms with Gasteiger partial charge in [0.25, 0.3) is 0 Å². The van der Waals surface area contributed by atoms with Crippen molar-refractivity contribution in [1.82, 2.24) is 5.32 Å². The molecule has 3 unspecified atom stereocenters. The molecule has 192 valence electrons. The lowest BCUT2D eigenvalue weighted by Crippen LogP contribution is -2.50. The quantitative estimate of drug-likeness (QED) is 0.382. The molecular weight excluding hydrogens is 469 g/mol. The SMILES string of the molecule is CC(C)(C)OC(=O)NC(c1ccccc1)C(C(O)C(C)(C)C)P(=O)(c1ccccc1)c1ccccc1. The van der Waals surface area contributed by atoms with Gasteiger partial charge in [-0.1, -0.05) is 112 Å². The minimum atomic E-state index is -3.54. The van der Waals surface area contributed by atoms with E-state index in [1.165, 1.54) is 0 Å². The van der Waals surface area contributed by atoms with E-state index in [-0.39, 0.29) is 0 Å². The Balaban J connectivity index is 2.31. The van der Waals surface area contributed by atoms with Gasteiger partial charge in [-0.05, 0) is 31.7 Å². The Morgan fingerprint density at radius 1 is 0.778 bits per heavy atom. The van der Waals surface area contributed by atoms with Crippen molar-refractivity contribution in [3.8, 4) is 0 Å². The van der Waals surface area contributed by atoms with Gasteiger partial charge in [-0.3, -0.25) is 0 Å². The van der Waals surface area contributed by atoms with Crippen LogP contribution in [0.2, 0.25) is 0 Å². The van der Waals surface area contributed by atoms with Gasteiger partial charge < -0.3 is 19.7 Å². The molecule has 0 aromatic heterocycles. The largest absolute Gasteiger partial charge is 0.444 e. The number of aliphatic hydroxyl groups excluding tert-OH is 1. The van der Waals surface area contributed by atoms with E-state index in [0.717, 1.165) is 5.56 Å². The van der Waals surface area contributed by atoms with Crippen LogP contribution < -0.4 is 15.9 Å². The summed E-state index contributed by atoms with van der Waals surface area (Å²) in [7, 11) is -3.54. The molecule has 0 fully saturated rings. The number of carbonyl (C=O) groups excluding carboxylic acids is 1. The van der Waals surface area contributed by atoms with E-state index in [1.54, 1.807) is 20.8 Å². The molecule has 0 heterocycles. The molecular formula is C30H38NO4P. The van der Waals surface area contributed by atoms with Gasteiger partial charge in [-0.25, -0.2) is 4.79 Å². The van der Waals surface area contributed by atoms with Crippen molar-refractivity contribution in [3.05, 3.63) is 96.6 Å². The molecule has 3 atom stereocenters. The van der Waals surface area contributed by atoms with Crippen LogP contribution in [-0.4, -0.2) is 28.6 Å². The van der Waals surface area contributed by atoms with Gasteiger partial charge in [0.1, 0.15) is 5.60 Å². The summed E-state index contributed by atoms with van der Waals surface area (Å²) in [6, 6.07) is 27.1. The van der Waals surface area contributed by atoms with Crippen LogP contribution in [0.5, 0.6) is 0 Å². The summed E-state index contributed by atoms with van der Waals surface area (Å²) in [5, 5.41) is 16.2. The zero-order valence-corrected chi connectivity index (χ0v) is 22.9. The highest BCUT2D eigenvalue weighted by Crippen LogP contribution is 2.56. The second kappa shape index (κ2) is 11.0. The van der Waals surface area contributed by atoms with Crippen LogP contribution in [0.15, 0.2) is 91.0 Å². The first kappa shape index (κ1) is 27.7. The predicted molar refractivity (Wildman–Crippen MR) is 148 cm³/mol. The van der Waals surface area contributed by atoms with Crippen LogP contribution in [0.3, 0.4) is 0 Å². The second-order valence-electron chi connectivity index (χ2n) is 11.2. The van der Waals surface area contributed by atoms with Crippen LogP contribution in [0.1, 0.15) is 53.1 Å². The lowest BCUT2D eigenvalue weighted by Gasteiger charge is -2.42. The van der Waals surface area contributed by atoms with Crippen LogP contribution in [0.25, 0.3) is 0 Å². The zero-order valence-electron chi connectivity index (χ0n) is 22.0. The Morgan fingerprint density at radius 3 is 1.58 bits per heavy atom. The fourth-order valence-corrected chi connectivity index (χ4v) is 8.08. The Hall–Kier alpha value is -2.88. The number of alkyl carbamates (subject to hydrolysis) is 1. The van der Waals surface area contributed by atoms with Crippen molar-refractivity contribution in [3.63, 3.8) is 0 Å². The number of rotatable bonds is 7. The third kappa shape index (κ3) is 6.46. The maximum atomic E-state index is 15.5. The van der Waals surface area contributed by atoms with Gasteiger partial charge in [0.05, 0.1) is 17.8 Å². The first-order chi connectivity index (χ1) is 16.8. The molecule has 5 nitrogen and oxygen atoms in total. The molecule has 0 radical (unpaired) electrons. The van der Waals surface area contributed by atoms with Crippen LogP contribution in [0, 0.1) is 5.41 Å². The third-order valence-corrected chi connectivity index (χ3v) is 9.63. The number of amides is 1.